The molecule has 0 heterocycles. The maximum atomic E-state index is 8.92. The molecule has 0 atom stereocenters. The van der Waals surface area contributed by atoms with E-state index >= 15 is 0 Å². The average Bonchev–Trinajstić information content (AvgIpc) is 3.11. The molecule has 0 radical (unpaired) electrons. The van der Waals surface area contributed by atoms with Gasteiger partial charge in [0.05, 0.1) is 18.6 Å². The third-order valence-corrected chi connectivity index (χ3v) is 3.04. The summed E-state index contributed by atoms with van der Waals surface area (Å²) in [4.78, 5) is 0. The summed E-state index contributed by atoms with van der Waals surface area (Å²) in [5, 5.41) is 12.2. The Labute approximate surface area is 96.0 Å². The molecule has 0 bridgehead atoms. The van der Waals surface area contributed by atoms with Crippen LogP contribution in [0, 0.1) is 16.7 Å². The summed E-state index contributed by atoms with van der Waals surface area (Å²) < 4.78 is 5.09. The molecule has 0 saturated heterocycles. The zero-order chi connectivity index (χ0) is 11.4. The molecule has 1 aliphatic carbocycles. The normalized spacial score (nSPS) is 16.5. The number of ether oxygens (including phenoxy) is 1. The molecule has 0 unspecified atom stereocenters. The molecule has 3 nitrogen and oxygen atoms in total. The molecule has 1 aliphatic rings. The van der Waals surface area contributed by atoms with Crippen molar-refractivity contribution in [3.63, 3.8) is 0 Å². The van der Waals surface area contributed by atoms with Crippen molar-refractivity contribution in [3.8, 4) is 11.8 Å². The lowest BCUT2D eigenvalue weighted by Crippen LogP contribution is -2.22. The van der Waals surface area contributed by atoms with Gasteiger partial charge in [0.2, 0.25) is 0 Å². The fourth-order valence-corrected chi connectivity index (χ4v) is 1.67. The monoisotopic (exact) mass is 216 g/mol. The maximum absolute atomic E-state index is 8.92. The highest BCUT2D eigenvalue weighted by atomic mass is 16.5. The van der Waals surface area contributed by atoms with Crippen LogP contribution in [0.15, 0.2) is 24.3 Å². The number of methoxy groups -OCH3 is 1. The van der Waals surface area contributed by atoms with Crippen LogP contribution in [0.3, 0.4) is 0 Å². The van der Waals surface area contributed by atoms with Gasteiger partial charge in [-0.3, -0.25) is 0 Å². The molecule has 84 valence electrons. The lowest BCUT2D eigenvalue weighted by atomic mass is 10.1. The van der Waals surface area contributed by atoms with E-state index in [0.29, 0.717) is 0 Å². The lowest BCUT2D eigenvalue weighted by Gasteiger charge is -2.08. The molecule has 1 fully saturated rings. The molecule has 0 aliphatic heterocycles. The van der Waals surface area contributed by atoms with E-state index in [-0.39, 0.29) is 5.41 Å². The molecule has 1 saturated carbocycles. The first kappa shape index (κ1) is 11.0. The largest absolute Gasteiger partial charge is 0.497 e. The Bertz CT molecular complexity index is 387. The highest BCUT2D eigenvalue weighted by Crippen LogP contribution is 2.44. The molecular formula is C13H16N2O. The van der Waals surface area contributed by atoms with Gasteiger partial charge in [-0.2, -0.15) is 5.26 Å². The summed E-state index contributed by atoms with van der Waals surface area (Å²) in [7, 11) is 1.66. The van der Waals surface area contributed by atoms with Gasteiger partial charge < -0.3 is 10.1 Å². The van der Waals surface area contributed by atoms with Gasteiger partial charge in [-0.15, -0.1) is 0 Å². The van der Waals surface area contributed by atoms with Gasteiger partial charge in [0.15, 0.2) is 0 Å². The number of nitrogens with one attached hydrogen (secondary N) is 1. The predicted molar refractivity (Wildman–Crippen MR) is 62.0 cm³/mol. The second-order valence-electron chi connectivity index (χ2n) is 4.34. The Balaban J connectivity index is 1.79. The van der Waals surface area contributed by atoms with Crippen LogP contribution in [0.5, 0.6) is 5.75 Å². The summed E-state index contributed by atoms with van der Waals surface area (Å²) >= 11 is 0. The van der Waals surface area contributed by atoms with Gasteiger partial charge in [-0.05, 0) is 30.5 Å². The van der Waals surface area contributed by atoms with Crippen LogP contribution in [-0.2, 0) is 6.54 Å². The Morgan fingerprint density at radius 2 is 2.06 bits per heavy atom. The van der Waals surface area contributed by atoms with E-state index in [1.165, 1.54) is 5.56 Å². The third-order valence-electron chi connectivity index (χ3n) is 3.04. The van der Waals surface area contributed by atoms with Crippen molar-refractivity contribution in [2.45, 2.75) is 19.4 Å². The Morgan fingerprint density at radius 1 is 1.38 bits per heavy atom. The minimum atomic E-state index is -0.0630. The molecule has 3 heteroatoms. The van der Waals surface area contributed by atoms with Crippen molar-refractivity contribution < 1.29 is 4.74 Å². The number of hydrogen-bond acceptors (Lipinski definition) is 3. The van der Waals surface area contributed by atoms with Crippen LogP contribution in [0.1, 0.15) is 18.4 Å². The third kappa shape index (κ3) is 2.53. The summed E-state index contributed by atoms with van der Waals surface area (Å²) in [5.41, 5.74) is 1.15. The lowest BCUT2D eigenvalue weighted by molar-refractivity contribution is 0.414. The zero-order valence-corrected chi connectivity index (χ0v) is 9.49. The quantitative estimate of drug-likeness (QED) is 0.819. The van der Waals surface area contributed by atoms with Crippen molar-refractivity contribution in [1.29, 1.82) is 5.26 Å². The summed E-state index contributed by atoms with van der Waals surface area (Å²) in [6, 6.07) is 10.4. The van der Waals surface area contributed by atoms with Gasteiger partial charge in [0, 0.05) is 13.1 Å². The summed E-state index contributed by atoms with van der Waals surface area (Å²) in [5.74, 6) is 0.874. The van der Waals surface area contributed by atoms with Crippen molar-refractivity contribution >= 4 is 0 Å². The number of benzene rings is 1. The second kappa shape index (κ2) is 4.54. The number of rotatable bonds is 5. The van der Waals surface area contributed by atoms with Crippen LogP contribution < -0.4 is 10.1 Å². The van der Waals surface area contributed by atoms with E-state index in [2.05, 4.69) is 11.4 Å². The van der Waals surface area contributed by atoms with Gasteiger partial charge in [0.25, 0.3) is 0 Å². The van der Waals surface area contributed by atoms with E-state index in [1.807, 2.05) is 24.3 Å². The Morgan fingerprint density at radius 3 is 2.56 bits per heavy atom. The van der Waals surface area contributed by atoms with Crippen molar-refractivity contribution in [1.82, 2.24) is 5.32 Å². The molecule has 1 aromatic carbocycles. The van der Waals surface area contributed by atoms with Gasteiger partial charge >= 0.3 is 0 Å². The van der Waals surface area contributed by atoms with Crippen LogP contribution in [0.25, 0.3) is 0 Å². The fraction of sp³-hybridized carbons (Fsp3) is 0.462. The first-order chi connectivity index (χ1) is 7.78. The molecule has 1 aromatic rings. The summed E-state index contributed by atoms with van der Waals surface area (Å²) in [6.45, 7) is 1.61. The number of nitrogens with zero attached hydrogens (tertiary/aromatic N) is 1. The first-order valence-corrected chi connectivity index (χ1v) is 5.53. The smallest absolute Gasteiger partial charge is 0.118 e. The molecule has 1 N–H and O–H groups in total. The van der Waals surface area contributed by atoms with Crippen LogP contribution in [0.4, 0.5) is 0 Å². The van der Waals surface area contributed by atoms with Gasteiger partial charge in [-0.25, -0.2) is 0 Å². The summed E-state index contributed by atoms with van der Waals surface area (Å²) in [6.07, 6.45) is 2.08. The molecule has 16 heavy (non-hydrogen) atoms. The molecule has 0 spiro atoms. The van der Waals surface area contributed by atoms with Crippen molar-refractivity contribution in [2.24, 2.45) is 5.41 Å². The molecule has 2 rings (SSSR count). The SMILES string of the molecule is COc1ccc(CNCC2(C#N)CC2)cc1. The minimum absolute atomic E-state index is 0.0630. The van der Waals surface area contributed by atoms with E-state index in [0.717, 1.165) is 31.7 Å². The van der Waals surface area contributed by atoms with Crippen LogP contribution in [0.2, 0.25) is 0 Å². The predicted octanol–water partition coefficient (Wildman–Crippen LogP) is 2.09. The second-order valence-corrected chi connectivity index (χ2v) is 4.34. The van der Waals surface area contributed by atoms with Crippen LogP contribution in [-0.4, -0.2) is 13.7 Å². The van der Waals surface area contributed by atoms with Crippen molar-refractivity contribution in [2.75, 3.05) is 13.7 Å². The Hall–Kier alpha value is -1.53. The van der Waals surface area contributed by atoms with Gasteiger partial charge in [0.1, 0.15) is 5.75 Å². The first-order valence-electron chi connectivity index (χ1n) is 5.53. The fourth-order valence-electron chi connectivity index (χ4n) is 1.67. The van der Waals surface area contributed by atoms with Crippen LogP contribution >= 0.6 is 0 Å². The molecular weight excluding hydrogens is 200 g/mol. The standard InChI is InChI=1S/C13H16N2O/c1-16-12-4-2-11(3-5-12)8-15-10-13(9-14)6-7-13/h2-5,15H,6-8,10H2,1H3. The van der Waals surface area contributed by atoms with E-state index in [1.54, 1.807) is 7.11 Å². The Kier molecular flexibility index (Phi) is 3.12. The van der Waals surface area contributed by atoms with Crippen molar-refractivity contribution in [3.05, 3.63) is 29.8 Å². The van der Waals surface area contributed by atoms with E-state index < -0.39 is 0 Å². The molecule has 0 amide bonds. The zero-order valence-electron chi connectivity index (χ0n) is 9.49. The number of hydrogen-bond donors (Lipinski definition) is 1. The topological polar surface area (TPSA) is 45.0 Å². The molecule has 0 aromatic heterocycles. The average molecular weight is 216 g/mol. The van der Waals surface area contributed by atoms with E-state index in [9.17, 15) is 0 Å². The van der Waals surface area contributed by atoms with E-state index in [4.69, 9.17) is 10.00 Å². The number of nitriles is 1. The minimum Gasteiger partial charge on any atom is -0.497 e. The highest BCUT2D eigenvalue weighted by Gasteiger charge is 2.42. The van der Waals surface area contributed by atoms with Gasteiger partial charge in [-0.1, -0.05) is 12.1 Å². The maximum Gasteiger partial charge on any atom is 0.118 e. The highest BCUT2D eigenvalue weighted by molar-refractivity contribution is 5.27.